The first-order valence-electron chi connectivity index (χ1n) is 3.32. The van der Waals surface area contributed by atoms with Crippen LogP contribution in [0, 0.1) is 0 Å². The zero-order chi connectivity index (χ0) is 9.52. The van der Waals surface area contributed by atoms with Crippen molar-refractivity contribution in [2.24, 2.45) is 11.5 Å². The largest absolute Gasteiger partial charge is 0.368 e. The molecule has 1 rings (SSSR count). The first-order chi connectivity index (χ1) is 5.39. The van der Waals surface area contributed by atoms with Gasteiger partial charge in [0.25, 0.3) is 0 Å². The number of likely N-dealkylation sites (tertiary alicyclic amines) is 1. The number of hydrogen-bond donors (Lipinski definition) is 2. The van der Waals surface area contributed by atoms with Gasteiger partial charge >= 0.3 is 6.03 Å². The second-order valence-electron chi connectivity index (χ2n) is 2.88. The molecule has 0 radical (unpaired) electrons. The molecule has 0 aromatic rings. The van der Waals surface area contributed by atoms with E-state index in [4.69, 9.17) is 11.5 Å². The van der Waals surface area contributed by atoms with E-state index < -0.39 is 23.4 Å². The lowest BCUT2D eigenvalue weighted by molar-refractivity contribution is -0.156. The molecule has 6 nitrogen and oxygen atoms in total. The molecule has 1 atom stereocenters. The molecule has 1 saturated heterocycles. The van der Waals surface area contributed by atoms with E-state index in [9.17, 15) is 14.4 Å². The summed E-state index contributed by atoms with van der Waals surface area (Å²) in [5.74, 6) is -1.19. The van der Waals surface area contributed by atoms with Crippen molar-refractivity contribution in [3.63, 3.8) is 0 Å². The lowest BCUT2D eigenvalue weighted by Crippen LogP contribution is -2.70. The van der Waals surface area contributed by atoms with Gasteiger partial charge in [0.1, 0.15) is 5.54 Å². The van der Waals surface area contributed by atoms with Gasteiger partial charge in [0, 0.05) is 0 Å². The quantitative estimate of drug-likeness (QED) is 0.471. The van der Waals surface area contributed by atoms with Crippen LogP contribution in [0.25, 0.3) is 0 Å². The average molecular weight is 171 g/mol. The number of amides is 4. The molecule has 0 bridgehead atoms. The molecule has 0 saturated carbocycles. The third kappa shape index (κ3) is 0.843. The summed E-state index contributed by atoms with van der Waals surface area (Å²) in [6, 6.07) is -0.937. The fourth-order valence-corrected chi connectivity index (χ4v) is 1.20. The fraction of sp³-hybridized carbons (Fsp3) is 0.500. The van der Waals surface area contributed by atoms with Crippen LogP contribution >= 0.6 is 0 Å². The predicted octanol–water partition coefficient (Wildman–Crippen LogP) is -1.46. The number of rotatable bonds is 1. The van der Waals surface area contributed by atoms with E-state index in [2.05, 4.69) is 0 Å². The summed E-state index contributed by atoms with van der Waals surface area (Å²) >= 11 is 0. The number of carbonyl (C=O) groups is 3. The van der Waals surface area contributed by atoms with Gasteiger partial charge in [-0.25, -0.2) is 9.69 Å². The van der Waals surface area contributed by atoms with Crippen molar-refractivity contribution < 1.29 is 14.4 Å². The van der Waals surface area contributed by atoms with Gasteiger partial charge in [0.2, 0.25) is 11.8 Å². The molecule has 1 heterocycles. The number of imide groups is 1. The number of nitrogens with two attached hydrogens (primary N) is 2. The van der Waals surface area contributed by atoms with Crippen molar-refractivity contribution in [1.82, 2.24) is 4.90 Å². The maximum Gasteiger partial charge on any atom is 0.322 e. The third-order valence-corrected chi connectivity index (χ3v) is 1.99. The fourth-order valence-electron chi connectivity index (χ4n) is 1.20. The van der Waals surface area contributed by atoms with Gasteiger partial charge in [-0.3, -0.25) is 9.59 Å². The van der Waals surface area contributed by atoms with E-state index in [0.29, 0.717) is 4.90 Å². The Morgan fingerprint density at radius 2 is 2.00 bits per heavy atom. The monoisotopic (exact) mass is 171 g/mol. The molecule has 1 aliphatic heterocycles. The van der Waals surface area contributed by atoms with E-state index >= 15 is 0 Å². The molecule has 1 aliphatic rings. The Morgan fingerprint density at radius 3 is 2.17 bits per heavy atom. The van der Waals surface area contributed by atoms with Crippen molar-refractivity contribution in [3.05, 3.63) is 0 Å². The van der Waals surface area contributed by atoms with Gasteiger partial charge in [0.15, 0.2) is 0 Å². The molecule has 12 heavy (non-hydrogen) atoms. The van der Waals surface area contributed by atoms with Crippen molar-refractivity contribution in [1.29, 1.82) is 0 Å². The smallest absolute Gasteiger partial charge is 0.322 e. The van der Waals surface area contributed by atoms with Crippen LogP contribution in [0.3, 0.4) is 0 Å². The molecular formula is C6H9N3O3. The minimum absolute atomic E-state index is 0.0503. The van der Waals surface area contributed by atoms with Crippen LogP contribution < -0.4 is 11.5 Å². The van der Waals surface area contributed by atoms with Gasteiger partial charge in [-0.1, -0.05) is 0 Å². The van der Waals surface area contributed by atoms with Crippen LogP contribution in [0.2, 0.25) is 0 Å². The third-order valence-electron chi connectivity index (χ3n) is 1.99. The van der Waals surface area contributed by atoms with Crippen LogP contribution in [-0.4, -0.2) is 28.3 Å². The maximum atomic E-state index is 10.8. The Balaban J connectivity index is 2.91. The van der Waals surface area contributed by atoms with E-state index in [0.717, 1.165) is 0 Å². The second kappa shape index (κ2) is 2.20. The summed E-state index contributed by atoms with van der Waals surface area (Å²) in [6.07, 6.45) is -0.0503. The van der Waals surface area contributed by atoms with Gasteiger partial charge in [-0.15, -0.1) is 0 Å². The lowest BCUT2D eigenvalue weighted by atomic mass is 9.85. The number of primary amides is 2. The van der Waals surface area contributed by atoms with Crippen molar-refractivity contribution >= 4 is 17.8 Å². The van der Waals surface area contributed by atoms with Crippen molar-refractivity contribution in [3.8, 4) is 0 Å². The molecule has 4 N–H and O–H groups in total. The van der Waals surface area contributed by atoms with Gasteiger partial charge in [-0.2, -0.15) is 0 Å². The van der Waals surface area contributed by atoms with Crippen LogP contribution in [-0.2, 0) is 9.59 Å². The number of carbonyl (C=O) groups excluding carboxylic acids is 3. The average Bonchev–Trinajstić information content (AvgIpc) is 1.83. The van der Waals surface area contributed by atoms with E-state index in [-0.39, 0.29) is 6.42 Å². The molecule has 1 fully saturated rings. The van der Waals surface area contributed by atoms with Crippen LogP contribution in [0.1, 0.15) is 13.3 Å². The lowest BCUT2D eigenvalue weighted by Gasteiger charge is -2.44. The summed E-state index contributed by atoms with van der Waals surface area (Å²) in [4.78, 5) is 32.9. The summed E-state index contributed by atoms with van der Waals surface area (Å²) in [7, 11) is 0. The Labute approximate surface area is 68.5 Å². The highest BCUT2D eigenvalue weighted by Crippen LogP contribution is 2.30. The molecule has 0 aliphatic carbocycles. The maximum absolute atomic E-state index is 10.8. The normalized spacial score (nSPS) is 28.1. The number of urea groups is 1. The minimum Gasteiger partial charge on any atom is -0.368 e. The molecule has 6 heteroatoms. The standard InChI is InChI=1S/C6H9N3O3/c1-6(4(7)11)2-3(10)9(6)5(8)12/h2H2,1H3,(H2,7,11)(H2,8,12). The molecular weight excluding hydrogens is 162 g/mol. The molecule has 0 aromatic carbocycles. The minimum atomic E-state index is -1.22. The highest BCUT2D eigenvalue weighted by atomic mass is 16.2. The number of hydrogen-bond acceptors (Lipinski definition) is 3. The van der Waals surface area contributed by atoms with E-state index in [1.54, 1.807) is 0 Å². The summed E-state index contributed by atoms with van der Waals surface area (Å²) < 4.78 is 0. The predicted molar refractivity (Wildman–Crippen MR) is 38.6 cm³/mol. The number of nitrogens with zero attached hydrogens (tertiary/aromatic N) is 1. The van der Waals surface area contributed by atoms with E-state index in [1.807, 2.05) is 0 Å². The van der Waals surface area contributed by atoms with Crippen LogP contribution in [0.15, 0.2) is 0 Å². The number of β-lactam (4-membered cyclic amide) rings is 1. The highest BCUT2D eigenvalue weighted by molar-refractivity contribution is 6.09. The van der Waals surface area contributed by atoms with Crippen molar-refractivity contribution in [2.45, 2.75) is 18.9 Å². The van der Waals surface area contributed by atoms with Crippen molar-refractivity contribution in [2.75, 3.05) is 0 Å². The SMILES string of the molecule is CC1(C(N)=O)CC(=O)N1C(N)=O. The Hall–Kier alpha value is -1.59. The summed E-state index contributed by atoms with van der Waals surface area (Å²) in [5.41, 5.74) is 8.62. The Morgan fingerprint density at radius 1 is 1.50 bits per heavy atom. The topological polar surface area (TPSA) is 106 Å². The molecule has 0 aromatic heterocycles. The van der Waals surface area contributed by atoms with Gasteiger partial charge in [0.05, 0.1) is 6.42 Å². The first-order valence-corrected chi connectivity index (χ1v) is 3.32. The molecule has 0 spiro atoms. The van der Waals surface area contributed by atoms with Gasteiger partial charge < -0.3 is 11.5 Å². The Kier molecular flexibility index (Phi) is 1.56. The zero-order valence-electron chi connectivity index (χ0n) is 6.53. The molecule has 4 amide bonds. The highest BCUT2D eigenvalue weighted by Gasteiger charge is 2.54. The molecule has 1 unspecified atom stereocenters. The molecule has 66 valence electrons. The first kappa shape index (κ1) is 8.51. The summed E-state index contributed by atoms with van der Waals surface area (Å²) in [5, 5.41) is 0. The van der Waals surface area contributed by atoms with Crippen LogP contribution in [0.5, 0.6) is 0 Å². The van der Waals surface area contributed by atoms with E-state index in [1.165, 1.54) is 6.92 Å². The van der Waals surface area contributed by atoms with Crippen LogP contribution in [0.4, 0.5) is 4.79 Å². The summed E-state index contributed by atoms with van der Waals surface area (Å²) in [6.45, 7) is 1.40. The zero-order valence-corrected chi connectivity index (χ0v) is 6.53. The second-order valence-corrected chi connectivity index (χ2v) is 2.88. The van der Waals surface area contributed by atoms with Gasteiger partial charge in [-0.05, 0) is 6.92 Å². The Bertz CT molecular complexity index is 267.